The van der Waals surface area contributed by atoms with Gasteiger partial charge in [-0.3, -0.25) is 10.1 Å². The van der Waals surface area contributed by atoms with E-state index < -0.39 is 6.09 Å². The monoisotopic (exact) mass is 498 g/mol. The van der Waals surface area contributed by atoms with E-state index in [-0.39, 0.29) is 18.4 Å². The number of nitrogens with zero attached hydrogens (tertiary/aromatic N) is 2. The highest BCUT2D eigenvalue weighted by molar-refractivity contribution is 6.01. The second-order valence-electron chi connectivity index (χ2n) is 10.1. The number of ether oxygens (including phenoxy) is 1. The SMILES string of the molecule is CN1CCN(c2ccc(C(=O)Cc3ccc([C@@H]4C[C@H]4N)cc3)cc2NC(=O)OCc2ccccc2)CC1. The summed E-state index contributed by atoms with van der Waals surface area (Å²) in [6.45, 7) is 3.72. The minimum absolute atomic E-state index is 0.00139. The number of hydrogen-bond donors (Lipinski definition) is 2. The van der Waals surface area contributed by atoms with Crippen LogP contribution in [0, 0.1) is 0 Å². The Morgan fingerprint density at radius 1 is 0.946 bits per heavy atom. The molecule has 7 heteroatoms. The van der Waals surface area contributed by atoms with E-state index in [1.54, 1.807) is 6.07 Å². The first-order valence-electron chi connectivity index (χ1n) is 12.9. The Morgan fingerprint density at radius 2 is 1.65 bits per heavy atom. The first-order chi connectivity index (χ1) is 18.0. The van der Waals surface area contributed by atoms with Crippen molar-refractivity contribution in [2.75, 3.05) is 43.4 Å². The van der Waals surface area contributed by atoms with Crippen LogP contribution in [-0.2, 0) is 17.8 Å². The molecule has 1 heterocycles. The van der Waals surface area contributed by atoms with Crippen molar-refractivity contribution >= 4 is 23.3 Å². The maximum absolute atomic E-state index is 13.2. The summed E-state index contributed by atoms with van der Waals surface area (Å²) in [5.74, 6) is 0.448. The van der Waals surface area contributed by atoms with Gasteiger partial charge in [-0.1, -0.05) is 54.6 Å². The second-order valence-corrected chi connectivity index (χ2v) is 10.1. The molecule has 5 rings (SSSR count). The molecule has 3 aromatic carbocycles. The van der Waals surface area contributed by atoms with Crippen LogP contribution in [-0.4, -0.2) is 56.0 Å². The van der Waals surface area contributed by atoms with Gasteiger partial charge in [-0.25, -0.2) is 4.79 Å². The lowest BCUT2D eigenvalue weighted by molar-refractivity contribution is 0.0993. The number of amides is 1. The van der Waals surface area contributed by atoms with Gasteiger partial charge in [0, 0.05) is 50.1 Å². The quantitative estimate of drug-likeness (QED) is 0.447. The predicted molar refractivity (Wildman–Crippen MR) is 146 cm³/mol. The van der Waals surface area contributed by atoms with Crippen molar-refractivity contribution in [3.63, 3.8) is 0 Å². The van der Waals surface area contributed by atoms with Crippen LogP contribution in [0.15, 0.2) is 72.8 Å². The number of anilines is 2. The van der Waals surface area contributed by atoms with Crippen LogP contribution < -0.4 is 16.0 Å². The number of rotatable bonds is 8. The fourth-order valence-corrected chi connectivity index (χ4v) is 4.77. The second kappa shape index (κ2) is 11.2. The van der Waals surface area contributed by atoms with E-state index in [0.717, 1.165) is 49.4 Å². The van der Waals surface area contributed by atoms with Crippen molar-refractivity contribution < 1.29 is 14.3 Å². The van der Waals surface area contributed by atoms with Crippen LogP contribution in [0.25, 0.3) is 0 Å². The van der Waals surface area contributed by atoms with Crippen molar-refractivity contribution in [1.82, 2.24) is 4.90 Å². The summed E-state index contributed by atoms with van der Waals surface area (Å²) in [5.41, 5.74) is 11.1. The van der Waals surface area contributed by atoms with E-state index in [2.05, 4.69) is 34.3 Å². The van der Waals surface area contributed by atoms with Crippen LogP contribution in [0.2, 0.25) is 0 Å². The molecule has 1 aliphatic heterocycles. The Labute approximate surface area is 218 Å². The molecule has 0 unspecified atom stereocenters. The molecule has 3 aromatic rings. The molecular weight excluding hydrogens is 464 g/mol. The van der Waals surface area contributed by atoms with Gasteiger partial charge < -0.3 is 20.3 Å². The molecule has 0 radical (unpaired) electrons. The van der Waals surface area contributed by atoms with Gasteiger partial charge in [0.1, 0.15) is 6.61 Å². The van der Waals surface area contributed by atoms with Gasteiger partial charge in [-0.2, -0.15) is 0 Å². The lowest BCUT2D eigenvalue weighted by Gasteiger charge is -2.35. The molecule has 2 fully saturated rings. The topological polar surface area (TPSA) is 87.9 Å². The molecule has 0 spiro atoms. The number of ketones is 1. The summed E-state index contributed by atoms with van der Waals surface area (Å²) in [4.78, 5) is 30.4. The van der Waals surface area contributed by atoms with E-state index >= 15 is 0 Å². The van der Waals surface area contributed by atoms with Gasteiger partial charge in [0.15, 0.2) is 5.78 Å². The number of nitrogens with one attached hydrogen (secondary N) is 1. The average Bonchev–Trinajstić information content (AvgIpc) is 3.65. The third-order valence-electron chi connectivity index (χ3n) is 7.22. The molecule has 0 bridgehead atoms. The minimum atomic E-state index is -0.544. The lowest BCUT2D eigenvalue weighted by atomic mass is 10.00. The highest BCUT2D eigenvalue weighted by Crippen LogP contribution is 2.39. The maximum Gasteiger partial charge on any atom is 0.412 e. The van der Waals surface area contributed by atoms with E-state index in [9.17, 15) is 9.59 Å². The molecule has 192 valence electrons. The number of carbonyl (C=O) groups is 2. The highest BCUT2D eigenvalue weighted by Gasteiger charge is 2.34. The third-order valence-corrected chi connectivity index (χ3v) is 7.22. The Bertz CT molecular complexity index is 1240. The summed E-state index contributed by atoms with van der Waals surface area (Å²) in [7, 11) is 2.10. The lowest BCUT2D eigenvalue weighted by Crippen LogP contribution is -2.44. The highest BCUT2D eigenvalue weighted by atomic mass is 16.5. The van der Waals surface area contributed by atoms with Gasteiger partial charge in [0.05, 0.1) is 11.4 Å². The van der Waals surface area contributed by atoms with Gasteiger partial charge >= 0.3 is 6.09 Å². The normalized spacial score (nSPS) is 19.4. The number of nitrogens with two attached hydrogens (primary N) is 1. The number of likely N-dealkylation sites (N-methyl/N-ethyl adjacent to an activating group) is 1. The number of Topliss-reactive ketones (excluding diaryl/α,β-unsaturated/α-hetero) is 1. The molecule has 1 amide bonds. The van der Waals surface area contributed by atoms with Crippen LogP contribution in [0.4, 0.5) is 16.2 Å². The Kier molecular flexibility index (Phi) is 7.53. The largest absolute Gasteiger partial charge is 0.444 e. The standard InChI is InChI=1S/C30H34N4O3/c1-33-13-15-34(16-14-33)28-12-11-24(18-27(28)32-30(36)37-20-22-5-3-2-4-6-22)29(35)17-21-7-9-23(10-8-21)25-19-26(25)31/h2-12,18,25-26H,13-17,19-20,31H2,1H3,(H,32,36)/t25-,26+/m0/s1. The molecule has 1 saturated heterocycles. The first kappa shape index (κ1) is 25.0. The third kappa shape index (κ3) is 6.37. The van der Waals surface area contributed by atoms with Crippen molar-refractivity contribution in [3.05, 3.63) is 95.1 Å². The molecule has 3 N–H and O–H groups in total. The predicted octanol–water partition coefficient (Wildman–Crippen LogP) is 4.43. The fraction of sp³-hybridized carbons (Fsp3) is 0.333. The molecule has 7 nitrogen and oxygen atoms in total. The summed E-state index contributed by atoms with van der Waals surface area (Å²) in [5, 5.41) is 2.90. The Hall–Kier alpha value is -3.68. The van der Waals surface area contributed by atoms with E-state index in [4.69, 9.17) is 10.5 Å². The van der Waals surface area contributed by atoms with Gasteiger partial charge in [-0.15, -0.1) is 0 Å². The summed E-state index contributed by atoms with van der Waals surface area (Å²) < 4.78 is 5.46. The van der Waals surface area contributed by atoms with Crippen LogP contribution in [0.3, 0.4) is 0 Å². The average molecular weight is 499 g/mol. The van der Waals surface area contributed by atoms with Crippen molar-refractivity contribution in [3.8, 4) is 0 Å². The molecule has 2 atom stereocenters. The smallest absolute Gasteiger partial charge is 0.412 e. The number of hydrogen-bond acceptors (Lipinski definition) is 6. The van der Waals surface area contributed by atoms with E-state index in [1.807, 2.05) is 54.6 Å². The van der Waals surface area contributed by atoms with Crippen molar-refractivity contribution in [1.29, 1.82) is 0 Å². The fourth-order valence-electron chi connectivity index (χ4n) is 4.77. The zero-order valence-electron chi connectivity index (χ0n) is 21.2. The molecular formula is C30H34N4O3. The summed E-state index contributed by atoms with van der Waals surface area (Å²) >= 11 is 0. The van der Waals surface area contributed by atoms with Crippen LogP contribution in [0.5, 0.6) is 0 Å². The molecule has 1 saturated carbocycles. The molecule has 0 aromatic heterocycles. The first-order valence-corrected chi connectivity index (χ1v) is 12.9. The van der Waals surface area contributed by atoms with Gasteiger partial charge in [0.25, 0.3) is 0 Å². The minimum Gasteiger partial charge on any atom is -0.444 e. The number of carbonyl (C=O) groups excluding carboxylic acids is 2. The zero-order chi connectivity index (χ0) is 25.8. The van der Waals surface area contributed by atoms with Gasteiger partial charge in [-0.05, 0) is 48.4 Å². The zero-order valence-corrected chi connectivity index (χ0v) is 21.2. The van der Waals surface area contributed by atoms with Crippen molar-refractivity contribution in [2.45, 2.75) is 31.4 Å². The Balaban J connectivity index is 1.30. The summed E-state index contributed by atoms with van der Waals surface area (Å²) in [6.07, 6.45) is 0.780. The number of benzene rings is 3. The molecule has 37 heavy (non-hydrogen) atoms. The van der Waals surface area contributed by atoms with Crippen LogP contribution >= 0.6 is 0 Å². The molecule has 2 aliphatic rings. The van der Waals surface area contributed by atoms with E-state index in [1.165, 1.54) is 5.56 Å². The maximum atomic E-state index is 13.2. The summed E-state index contributed by atoms with van der Waals surface area (Å²) in [6, 6.07) is 23.6. The van der Waals surface area contributed by atoms with Crippen LogP contribution in [0.1, 0.15) is 39.4 Å². The molecule has 1 aliphatic carbocycles. The van der Waals surface area contributed by atoms with Gasteiger partial charge in [0.2, 0.25) is 0 Å². The van der Waals surface area contributed by atoms with Crippen molar-refractivity contribution in [2.24, 2.45) is 5.73 Å². The van der Waals surface area contributed by atoms with E-state index in [0.29, 0.717) is 23.6 Å². The number of piperazine rings is 1. The Morgan fingerprint density at radius 3 is 2.32 bits per heavy atom.